The number of rotatable bonds is 1. The van der Waals surface area contributed by atoms with Crippen LogP contribution in [0.4, 0.5) is 4.39 Å². The summed E-state index contributed by atoms with van der Waals surface area (Å²) in [7, 11) is 1.25. The van der Waals surface area contributed by atoms with Crippen LogP contribution in [0.15, 0.2) is 12.3 Å². The van der Waals surface area contributed by atoms with Crippen molar-refractivity contribution in [2.24, 2.45) is 0 Å². The van der Waals surface area contributed by atoms with Gasteiger partial charge in [0.2, 0.25) is 0 Å². The Morgan fingerprint density at radius 2 is 2.40 bits per heavy atom. The first kappa shape index (κ1) is 9.92. The van der Waals surface area contributed by atoms with Gasteiger partial charge in [0.25, 0.3) is 0 Å². The topological polar surface area (TPSA) is 55.0 Å². The molecule has 0 radical (unpaired) electrons. The Labute approximate surface area is 89.0 Å². The molecule has 6 heteroatoms. The Kier molecular flexibility index (Phi) is 2.32. The first-order chi connectivity index (χ1) is 7.13. The molecular weight excluding hydrogens is 223 g/mol. The van der Waals surface area contributed by atoms with Gasteiger partial charge in [-0.2, -0.15) is 0 Å². The third-order valence-electron chi connectivity index (χ3n) is 1.98. The summed E-state index contributed by atoms with van der Waals surface area (Å²) in [6.07, 6.45) is 1.35. The van der Waals surface area contributed by atoms with E-state index in [-0.39, 0.29) is 16.2 Å². The predicted molar refractivity (Wildman–Crippen MR) is 52.4 cm³/mol. The number of aromatic nitrogens is 2. The summed E-state index contributed by atoms with van der Waals surface area (Å²) >= 11 is 5.49. The van der Waals surface area contributed by atoms with Gasteiger partial charge in [0.15, 0.2) is 11.0 Å². The van der Waals surface area contributed by atoms with Crippen molar-refractivity contribution in [1.82, 2.24) is 9.97 Å². The van der Waals surface area contributed by atoms with Crippen molar-refractivity contribution < 1.29 is 13.9 Å². The lowest BCUT2D eigenvalue weighted by atomic mass is 10.3. The second-order valence-electron chi connectivity index (χ2n) is 2.86. The van der Waals surface area contributed by atoms with Gasteiger partial charge in [-0.1, -0.05) is 11.6 Å². The van der Waals surface area contributed by atoms with Crippen molar-refractivity contribution in [1.29, 1.82) is 0 Å². The largest absolute Gasteiger partial charge is 0.464 e. The van der Waals surface area contributed by atoms with Gasteiger partial charge >= 0.3 is 5.97 Å². The normalized spacial score (nSPS) is 10.6. The van der Waals surface area contributed by atoms with Gasteiger partial charge in [0.05, 0.1) is 18.8 Å². The van der Waals surface area contributed by atoms with E-state index in [1.807, 2.05) is 0 Å². The number of pyridine rings is 1. The standard InChI is InChI=1S/C9H6ClFN2O2/c1-15-9(14)5-2-4-6(13-5)3-12-8(10)7(4)11/h2-3,13H,1H3. The van der Waals surface area contributed by atoms with Gasteiger partial charge in [-0.15, -0.1) is 0 Å². The van der Waals surface area contributed by atoms with Crippen LogP contribution in [0.2, 0.25) is 5.15 Å². The molecule has 15 heavy (non-hydrogen) atoms. The fraction of sp³-hybridized carbons (Fsp3) is 0.111. The van der Waals surface area contributed by atoms with Gasteiger partial charge in [-0.3, -0.25) is 0 Å². The number of aromatic amines is 1. The predicted octanol–water partition coefficient (Wildman–Crippen LogP) is 2.14. The number of nitrogens with one attached hydrogen (secondary N) is 1. The number of hydrogen-bond donors (Lipinski definition) is 1. The van der Waals surface area contributed by atoms with Crippen LogP contribution < -0.4 is 0 Å². The molecule has 0 aliphatic carbocycles. The monoisotopic (exact) mass is 228 g/mol. The fourth-order valence-corrected chi connectivity index (χ4v) is 1.41. The van der Waals surface area contributed by atoms with E-state index in [4.69, 9.17) is 11.6 Å². The number of carbonyl (C=O) groups is 1. The van der Waals surface area contributed by atoms with Crippen molar-refractivity contribution in [3.8, 4) is 0 Å². The van der Waals surface area contributed by atoms with Gasteiger partial charge in [0.1, 0.15) is 5.69 Å². The molecule has 2 rings (SSSR count). The second kappa shape index (κ2) is 3.51. The van der Waals surface area contributed by atoms with Crippen molar-refractivity contribution in [2.75, 3.05) is 7.11 Å². The van der Waals surface area contributed by atoms with Crippen molar-refractivity contribution in [3.63, 3.8) is 0 Å². The third-order valence-corrected chi connectivity index (χ3v) is 2.24. The van der Waals surface area contributed by atoms with Gasteiger partial charge in [-0.05, 0) is 6.07 Å². The number of esters is 1. The van der Waals surface area contributed by atoms with E-state index in [0.717, 1.165) is 0 Å². The maximum absolute atomic E-state index is 13.4. The Bertz CT molecular complexity index is 538. The molecule has 0 saturated heterocycles. The minimum absolute atomic E-state index is 0.162. The zero-order chi connectivity index (χ0) is 11.0. The minimum Gasteiger partial charge on any atom is -0.464 e. The van der Waals surface area contributed by atoms with E-state index in [0.29, 0.717) is 5.52 Å². The van der Waals surface area contributed by atoms with E-state index in [2.05, 4.69) is 14.7 Å². The van der Waals surface area contributed by atoms with Crippen LogP contribution in [0.5, 0.6) is 0 Å². The molecule has 0 aromatic carbocycles. The number of methoxy groups -OCH3 is 1. The molecule has 0 bridgehead atoms. The fourth-order valence-electron chi connectivity index (χ4n) is 1.26. The van der Waals surface area contributed by atoms with Crippen LogP contribution in [-0.2, 0) is 4.74 Å². The maximum atomic E-state index is 13.4. The van der Waals surface area contributed by atoms with Crippen LogP contribution >= 0.6 is 11.6 Å². The summed E-state index contributed by atoms with van der Waals surface area (Å²) in [6, 6.07) is 1.34. The summed E-state index contributed by atoms with van der Waals surface area (Å²) in [4.78, 5) is 17.4. The van der Waals surface area contributed by atoms with Crippen molar-refractivity contribution in [3.05, 3.63) is 28.9 Å². The van der Waals surface area contributed by atoms with E-state index < -0.39 is 11.8 Å². The van der Waals surface area contributed by atoms with Crippen LogP contribution in [-0.4, -0.2) is 23.0 Å². The highest BCUT2D eigenvalue weighted by atomic mass is 35.5. The van der Waals surface area contributed by atoms with E-state index in [1.54, 1.807) is 0 Å². The lowest BCUT2D eigenvalue weighted by Crippen LogP contribution is -2.00. The third kappa shape index (κ3) is 1.55. The Balaban J connectivity index is 2.66. The number of halogens is 2. The van der Waals surface area contributed by atoms with E-state index in [9.17, 15) is 9.18 Å². The average Bonchev–Trinajstić information content (AvgIpc) is 2.67. The van der Waals surface area contributed by atoms with E-state index in [1.165, 1.54) is 19.4 Å². The lowest BCUT2D eigenvalue weighted by Gasteiger charge is -1.92. The molecule has 0 atom stereocenters. The highest BCUT2D eigenvalue weighted by Crippen LogP contribution is 2.23. The number of carbonyl (C=O) groups excluding carboxylic acids is 1. The molecule has 2 heterocycles. The zero-order valence-electron chi connectivity index (χ0n) is 7.67. The minimum atomic E-state index is -0.652. The molecule has 0 spiro atoms. The first-order valence-corrected chi connectivity index (χ1v) is 4.42. The molecule has 0 saturated carbocycles. The molecule has 4 nitrogen and oxygen atoms in total. The Morgan fingerprint density at radius 1 is 1.67 bits per heavy atom. The average molecular weight is 229 g/mol. The molecule has 78 valence electrons. The summed E-state index contributed by atoms with van der Waals surface area (Å²) in [5.74, 6) is -1.22. The Hall–Kier alpha value is -1.62. The van der Waals surface area contributed by atoms with Crippen molar-refractivity contribution >= 4 is 28.5 Å². The van der Waals surface area contributed by atoms with Crippen LogP contribution in [0.3, 0.4) is 0 Å². The van der Waals surface area contributed by atoms with Crippen LogP contribution in [0, 0.1) is 5.82 Å². The van der Waals surface area contributed by atoms with Gasteiger partial charge in [0, 0.05) is 5.39 Å². The molecule has 0 amide bonds. The maximum Gasteiger partial charge on any atom is 0.354 e. The smallest absolute Gasteiger partial charge is 0.354 e. The number of H-pyrrole nitrogens is 1. The Morgan fingerprint density at radius 3 is 3.07 bits per heavy atom. The molecule has 0 fully saturated rings. The summed E-state index contributed by atoms with van der Waals surface area (Å²) in [6.45, 7) is 0. The first-order valence-electron chi connectivity index (χ1n) is 4.04. The van der Waals surface area contributed by atoms with Crippen LogP contribution in [0.25, 0.3) is 10.9 Å². The number of nitrogens with zero attached hydrogens (tertiary/aromatic N) is 1. The molecule has 0 unspecified atom stereocenters. The van der Waals surface area contributed by atoms with Crippen LogP contribution in [0.1, 0.15) is 10.5 Å². The quantitative estimate of drug-likeness (QED) is 0.601. The molecule has 1 N–H and O–H groups in total. The molecule has 2 aromatic rings. The number of fused-ring (bicyclic) bond motifs is 1. The zero-order valence-corrected chi connectivity index (χ0v) is 8.43. The molecule has 0 aliphatic rings. The highest BCUT2D eigenvalue weighted by molar-refractivity contribution is 6.30. The molecule has 0 aliphatic heterocycles. The summed E-state index contributed by atoms with van der Waals surface area (Å²) < 4.78 is 17.9. The number of ether oxygens (including phenoxy) is 1. The lowest BCUT2D eigenvalue weighted by molar-refractivity contribution is 0.0595. The summed E-state index contributed by atoms with van der Waals surface area (Å²) in [5.41, 5.74) is 0.563. The SMILES string of the molecule is COC(=O)c1cc2c(F)c(Cl)ncc2[nH]1. The van der Waals surface area contributed by atoms with E-state index >= 15 is 0 Å². The molecule has 2 aromatic heterocycles. The molecular formula is C9H6ClFN2O2. The second-order valence-corrected chi connectivity index (χ2v) is 3.22. The van der Waals surface area contributed by atoms with Gasteiger partial charge in [-0.25, -0.2) is 14.2 Å². The summed E-state index contributed by atoms with van der Waals surface area (Å²) in [5, 5.41) is -0.00619. The van der Waals surface area contributed by atoms with Gasteiger partial charge < -0.3 is 9.72 Å². The highest BCUT2D eigenvalue weighted by Gasteiger charge is 2.14. The van der Waals surface area contributed by atoms with Crippen molar-refractivity contribution in [2.45, 2.75) is 0 Å². The number of hydrogen-bond acceptors (Lipinski definition) is 3.